The number of hydrogen-bond donors (Lipinski definition) is 1. The van der Waals surface area contributed by atoms with Crippen LogP contribution in [0, 0.1) is 11.3 Å². The van der Waals surface area contributed by atoms with Crippen molar-refractivity contribution in [3.8, 4) is 27.1 Å². The van der Waals surface area contributed by atoms with Crippen LogP contribution in [0.5, 0.6) is 0 Å². The normalized spacial score (nSPS) is 10.4. The van der Waals surface area contributed by atoms with E-state index < -0.39 is 0 Å². The Hall–Kier alpha value is -2.03. The van der Waals surface area contributed by atoms with Crippen molar-refractivity contribution in [2.45, 2.75) is 0 Å². The van der Waals surface area contributed by atoms with E-state index in [1.807, 2.05) is 29.6 Å². The summed E-state index contributed by atoms with van der Waals surface area (Å²) in [5, 5.41) is 11.1. The summed E-state index contributed by atoms with van der Waals surface area (Å²) in [4.78, 5) is 2.50. The van der Waals surface area contributed by atoms with Crippen LogP contribution in [-0.2, 0) is 0 Å². The molecule has 0 spiro atoms. The maximum absolute atomic E-state index is 9.10. The summed E-state index contributed by atoms with van der Waals surface area (Å²) in [5.74, 6) is 0.747. The van der Waals surface area contributed by atoms with E-state index in [2.05, 4.69) is 6.07 Å². The molecule has 0 radical (unpaired) electrons. The molecule has 0 saturated heterocycles. The maximum atomic E-state index is 9.10. The molecule has 0 aliphatic heterocycles. The van der Waals surface area contributed by atoms with Crippen LogP contribution in [0.15, 0.2) is 40.3 Å². The molecule has 88 valence electrons. The molecule has 2 N–H and O–H groups in total. The van der Waals surface area contributed by atoms with Crippen LogP contribution in [0.4, 0.5) is 5.69 Å². The van der Waals surface area contributed by atoms with Gasteiger partial charge in [-0.25, -0.2) is 0 Å². The Labute approximate surface area is 112 Å². The molecule has 18 heavy (non-hydrogen) atoms. The molecule has 0 aliphatic carbocycles. The largest absolute Gasteiger partial charge is 0.463 e. The highest BCUT2D eigenvalue weighted by Gasteiger charge is 2.20. The highest BCUT2D eigenvalue weighted by atomic mass is 32.1. The third kappa shape index (κ3) is 1.63. The molecule has 0 unspecified atom stereocenters. The zero-order chi connectivity index (χ0) is 12.5. The smallest absolute Gasteiger partial charge is 0.144 e. The number of nitrogen functional groups attached to an aromatic ring is 1. The van der Waals surface area contributed by atoms with E-state index in [4.69, 9.17) is 15.4 Å². The van der Waals surface area contributed by atoms with E-state index in [9.17, 15) is 0 Å². The monoisotopic (exact) mass is 272 g/mol. The summed E-state index contributed by atoms with van der Waals surface area (Å²) >= 11 is 2.97. The predicted molar refractivity (Wildman–Crippen MR) is 74.5 cm³/mol. The fourth-order valence-electron chi connectivity index (χ4n) is 1.77. The molecule has 5 heteroatoms. The van der Waals surface area contributed by atoms with Gasteiger partial charge in [0.15, 0.2) is 0 Å². The summed E-state index contributed by atoms with van der Waals surface area (Å²) < 4.78 is 5.42. The maximum Gasteiger partial charge on any atom is 0.144 e. The van der Waals surface area contributed by atoms with Gasteiger partial charge in [-0.1, -0.05) is 6.07 Å². The molecule has 0 aromatic carbocycles. The van der Waals surface area contributed by atoms with Gasteiger partial charge in [0, 0.05) is 10.4 Å². The third-order valence-electron chi connectivity index (χ3n) is 2.56. The summed E-state index contributed by atoms with van der Waals surface area (Å²) in [5.41, 5.74) is 7.51. The average Bonchev–Trinajstić information content (AvgIpc) is 3.08. The first-order chi connectivity index (χ1) is 8.81. The van der Waals surface area contributed by atoms with Crippen molar-refractivity contribution in [2.75, 3.05) is 5.73 Å². The lowest BCUT2D eigenvalue weighted by atomic mass is 10.1. The number of anilines is 1. The number of nitrogens with zero attached hydrogens (tertiary/aromatic N) is 1. The number of hydrogen-bond acceptors (Lipinski definition) is 5. The van der Waals surface area contributed by atoms with E-state index in [1.54, 1.807) is 17.6 Å². The minimum atomic E-state index is 0.532. The second kappa shape index (κ2) is 4.33. The topological polar surface area (TPSA) is 63.0 Å². The standard InChI is InChI=1S/C13H8N2OS2/c14-7-10-12(15)11(9-4-2-6-17-9)13(18-10)8-3-1-5-16-8/h1-6H,15H2. The first kappa shape index (κ1) is 11.1. The highest BCUT2D eigenvalue weighted by Crippen LogP contribution is 2.46. The Morgan fingerprint density at radius 3 is 2.78 bits per heavy atom. The van der Waals surface area contributed by atoms with Gasteiger partial charge in [-0.05, 0) is 23.6 Å². The van der Waals surface area contributed by atoms with E-state index in [1.165, 1.54) is 11.3 Å². The zero-order valence-electron chi connectivity index (χ0n) is 9.21. The first-order valence-corrected chi connectivity index (χ1v) is 6.91. The fraction of sp³-hybridized carbons (Fsp3) is 0. The number of furan rings is 1. The molecule has 0 bridgehead atoms. The summed E-state index contributed by atoms with van der Waals surface area (Å²) in [6.45, 7) is 0. The van der Waals surface area contributed by atoms with E-state index in [-0.39, 0.29) is 0 Å². The lowest BCUT2D eigenvalue weighted by Gasteiger charge is -1.99. The molecule has 0 saturated carbocycles. The molecular weight excluding hydrogens is 264 g/mol. The van der Waals surface area contributed by atoms with E-state index in [0.717, 1.165) is 21.1 Å². The quantitative estimate of drug-likeness (QED) is 0.760. The summed E-state index contributed by atoms with van der Waals surface area (Å²) in [6.07, 6.45) is 1.62. The van der Waals surface area contributed by atoms with Crippen LogP contribution >= 0.6 is 22.7 Å². The van der Waals surface area contributed by atoms with Gasteiger partial charge in [0.05, 0.1) is 16.8 Å². The summed E-state index contributed by atoms with van der Waals surface area (Å²) in [6, 6.07) is 9.81. The molecule has 0 amide bonds. The molecule has 3 aromatic rings. The highest BCUT2D eigenvalue weighted by molar-refractivity contribution is 7.18. The van der Waals surface area contributed by atoms with Crippen LogP contribution in [0.2, 0.25) is 0 Å². The third-order valence-corrected chi connectivity index (χ3v) is 4.57. The Bertz CT molecular complexity index is 703. The van der Waals surface area contributed by atoms with Crippen molar-refractivity contribution < 1.29 is 4.42 Å². The van der Waals surface area contributed by atoms with Gasteiger partial charge in [0.1, 0.15) is 16.7 Å². The Morgan fingerprint density at radius 1 is 1.28 bits per heavy atom. The molecule has 0 atom stereocenters. The Morgan fingerprint density at radius 2 is 2.17 bits per heavy atom. The van der Waals surface area contributed by atoms with E-state index in [0.29, 0.717) is 10.6 Å². The van der Waals surface area contributed by atoms with E-state index >= 15 is 0 Å². The van der Waals surface area contributed by atoms with Gasteiger partial charge in [-0.3, -0.25) is 0 Å². The Kier molecular flexibility index (Phi) is 2.67. The first-order valence-electron chi connectivity index (χ1n) is 5.21. The molecule has 0 fully saturated rings. The van der Waals surface area contributed by atoms with Crippen LogP contribution < -0.4 is 5.73 Å². The van der Waals surface area contributed by atoms with Crippen molar-refractivity contribution in [1.29, 1.82) is 5.26 Å². The van der Waals surface area contributed by atoms with Gasteiger partial charge in [0.2, 0.25) is 0 Å². The number of rotatable bonds is 2. The average molecular weight is 272 g/mol. The van der Waals surface area contributed by atoms with Crippen LogP contribution in [-0.4, -0.2) is 0 Å². The molecule has 3 nitrogen and oxygen atoms in total. The molecule has 3 rings (SSSR count). The zero-order valence-corrected chi connectivity index (χ0v) is 10.8. The van der Waals surface area contributed by atoms with Crippen molar-refractivity contribution in [3.63, 3.8) is 0 Å². The lowest BCUT2D eigenvalue weighted by Crippen LogP contribution is -1.87. The van der Waals surface area contributed by atoms with Gasteiger partial charge in [-0.15, -0.1) is 22.7 Å². The fourth-order valence-corrected chi connectivity index (χ4v) is 3.63. The Balaban J connectivity index is 2.29. The summed E-state index contributed by atoms with van der Waals surface area (Å²) in [7, 11) is 0. The number of nitriles is 1. The van der Waals surface area contributed by atoms with Gasteiger partial charge in [0.25, 0.3) is 0 Å². The lowest BCUT2D eigenvalue weighted by molar-refractivity contribution is 0.584. The molecule has 3 aromatic heterocycles. The van der Waals surface area contributed by atoms with Gasteiger partial charge < -0.3 is 10.2 Å². The van der Waals surface area contributed by atoms with Crippen LogP contribution in [0.1, 0.15) is 4.88 Å². The predicted octanol–water partition coefficient (Wildman–Crippen LogP) is 4.19. The molecule has 3 heterocycles. The minimum absolute atomic E-state index is 0.532. The SMILES string of the molecule is N#Cc1sc(-c2ccco2)c(-c2cccs2)c1N. The van der Waals surface area contributed by atoms with Crippen molar-refractivity contribution in [2.24, 2.45) is 0 Å². The molecule has 0 aliphatic rings. The van der Waals surface area contributed by atoms with Gasteiger partial charge in [-0.2, -0.15) is 5.26 Å². The molecular formula is C13H8N2OS2. The van der Waals surface area contributed by atoms with Crippen LogP contribution in [0.3, 0.4) is 0 Å². The van der Waals surface area contributed by atoms with Crippen molar-refractivity contribution in [3.05, 3.63) is 40.8 Å². The number of nitrogens with two attached hydrogens (primary N) is 1. The van der Waals surface area contributed by atoms with Crippen molar-refractivity contribution >= 4 is 28.4 Å². The van der Waals surface area contributed by atoms with Crippen LogP contribution in [0.25, 0.3) is 21.1 Å². The van der Waals surface area contributed by atoms with Gasteiger partial charge >= 0.3 is 0 Å². The second-order valence-corrected chi connectivity index (χ2v) is 5.58. The minimum Gasteiger partial charge on any atom is -0.463 e. The second-order valence-electron chi connectivity index (χ2n) is 3.62. The number of thiophene rings is 2. The van der Waals surface area contributed by atoms with Crippen molar-refractivity contribution in [1.82, 2.24) is 0 Å².